The molecule has 1 aromatic carbocycles. The Morgan fingerprint density at radius 1 is 1.33 bits per heavy atom. The molecule has 0 saturated carbocycles. The minimum Gasteiger partial charge on any atom is -0.497 e. The highest BCUT2D eigenvalue weighted by atomic mass is 35.5. The SMILES string of the molecule is COc1cccc(NC(=S)N2CC[NH+](Cc3ccc(Cl)s3)CC2)c1. The van der Waals surface area contributed by atoms with Crippen molar-refractivity contribution >= 4 is 46.0 Å². The fourth-order valence-electron chi connectivity index (χ4n) is 2.80. The quantitative estimate of drug-likeness (QED) is 0.795. The summed E-state index contributed by atoms with van der Waals surface area (Å²) < 4.78 is 6.11. The minimum atomic E-state index is 0.779. The van der Waals surface area contributed by atoms with Crippen LogP contribution >= 0.6 is 35.2 Å². The summed E-state index contributed by atoms with van der Waals surface area (Å²) in [5.41, 5.74) is 0.961. The maximum Gasteiger partial charge on any atom is 0.173 e. The molecule has 0 radical (unpaired) electrons. The van der Waals surface area contributed by atoms with E-state index in [1.807, 2.05) is 30.3 Å². The number of halogens is 1. The Kier molecular flexibility index (Phi) is 5.94. The molecule has 4 nitrogen and oxygen atoms in total. The van der Waals surface area contributed by atoms with Gasteiger partial charge in [-0.25, -0.2) is 0 Å². The summed E-state index contributed by atoms with van der Waals surface area (Å²) in [6.45, 7) is 5.13. The Hall–Kier alpha value is -1.34. The Morgan fingerprint density at radius 2 is 2.12 bits per heavy atom. The Labute approximate surface area is 157 Å². The number of anilines is 1. The average molecular weight is 383 g/mol. The van der Waals surface area contributed by atoms with E-state index in [2.05, 4.69) is 16.3 Å². The molecule has 2 heterocycles. The number of thiocarbonyl (C=S) groups is 1. The molecule has 128 valence electrons. The van der Waals surface area contributed by atoms with Gasteiger partial charge >= 0.3 is 0 Å². The Balaban J connectivity index is 1.49. The third-order valence-corrected chi connectivity index (χ3v) is 5.72. The van der Waals surface area contributed by atoms with Gasteiger partial charge in [0, 0.05) is 11.8 Å². The molecule has 1 aromatic heterocycles. The van der Waals surface area contributed by atoms with Crippen LogP contribution in [0.4, 0.5) is 5.69 Å². The highest BCUT2D eigenvalue weighted by molar-refractivity contribution is 7.80. The number of ether oxygens (including phenoxy) is 1. The highest BCUT2D eigenvalue weighted by Gasteiger charge is 2.22. The lowest BCUT2D eigenvalue weighted by Gasteiger charge is -2.33. The van der Waals surface area contributed by atoms with Crippen LogP contribution < -0.4 is 15.0 Å². The van der Waals surface area contributed by atoms with E-state index in [0.717, 1.165) is 53.6 Å². The fourth-order valence-corrected chi connectivity index (χ4v) is 4.26. The zero-order chi connectivity index (χ0) is 16.9. The molecule has 2 N–H and O–H groups in total. The second-order valence-corrected chi connectivity index (χ2v) is 7.97. The number of benzene rings is 1. The summed E-state index contributed by atoms with van der Waals surface area (Å²) in [4.78, 5) is 5.16. The molecule has 0 unspecified atom stereocenters. The lowest BCUT2D eigenvalue weighted by molar-refractivity contribution is -0.917. The van der Waals surface area contributed by atoms with Gasteiger partial charge in [0.05, 0.1) is 42.5 Å². The van der Waals surface area contributed by atoms with Crippen LogP contribution in [0.3, 0.4) is 0 Å². The van der Waals surface area contributed by atoms with E-state index in [4.69, 9.17) is 28.6 Å². The second-order valence-electron chi connectivity index (χ2n) is 5.78. The lowest BCUT2D eigenvalue weighted by Crippen LogP contribution is -3.13. The van der Waals surface area contributed by atoms with E-state index in [9.17, 15) is 0 Å². The monoisotopic (exact) mass is 382 g/mol. The predicted octanol–water partition coefficient (Wildman–Crippen LogP) is 2.51. The maximum atomic E-state index is 6.01. The number of hydrogen-bond acceptors (Lipinski definition) is 3. The molecule has 0 aliphatic carbocycles. The molecule has 1 aliphatic rings. The lowest BCUT2D eigenvalue weighted by atomic mass is 10.3. The fraction of sp³-hybridized carbons (Fsp3) is 0.353. The molecule has 0 atom stereocenters. The summed E-state index contributed by atoms with van der Waals surface area (Å²) in [7, 11) is 1.67. The molecule has 2 aromatic rings. The van der Waals surface area contributed by atoms with Gasteiger partial charge in [-0.2, -0.15) is 0 Å². The first-order valence-corrected chi connectivity index (χ1v) is 9.52. The Morgan fingerprint density at radius 3 is 2.79 bits per heavy atom. The van der Waals surface area contributed by atoms with E-state index < -0.39 is 0 Å². The molecule has 1 fully saturated rings. The van der Waals surface area contributed by atoms with E-state index in [1.165, 1.54) is 4.88 Å². The van der Waals surface area contributed by atoms with Gasteiger partial charge in [-0.3, -0.25) is 0 Å². The number of hydrogen-bond donors (Lipinski definition) is 2. The summed E-state index contributed by atoms with van der Waals surface area (Å²) >= 11 is 13.2. The average Bonchev–Trinajstić information content (AvgIpc) is 3.00. The summed E-state index contributed by atoms with van der Waals surface area (Å²) in [6, 6.07) is 11.9. The van der Waals surface area contributed by atoms with Crippen LogP contribution in [0.5, 0.6) is 5.75 Å². The van der Waals surface area contributed by atoms with Crippen LogP contribution in [0.15, 0.2) is 36.4 Å². The standard InChI is InChI=1S/C17H20ClN3OS2/c1-22-14-4-2-3-13(11-14)19-17(23)21-9-7-20(8-10-21)12-15-5-6-16(18)24-15/h2-6,11H,7-10,12H2,1H3,(H,19,23)/p+1. The van der Waals surface area contributed by atoms with E-state index in [0.29, 0.717) is 0 Å². The number of methoxy groups -OCH3 is 1. The molecule has 0 spiro atoms. The molecule has 0 amide bonds. The van der Waals surface area contributed by atoms with Crippen molar-refractivity contribution in [2.24, 2.45) is 0 Å². The number of nitrogens with one attached hydrogen (secondary N) is 2. The van der Waals surface area contributed by atoms with Crippen molar-refractivity contribution in [2.45, 2.75) is 6.54 Å². The molecule has 0 bridgehead atoms. The maximum absolute atomic E-state index is 6.01. The van der Waals surface area contributed by atoms with E-state index in [1.54, 1.807) is 23.3 Å². The topological polar surface area (TPSA) is 28.9 Å². The van der Waals surface area contributed by atoms with Gasteiger partial charge in [-0.05, 0) is 36.5 Å². The molecule has 24 heavy (non-hydrogen) atoms. The molecular weight excluding hydrogens is 362 g/mol. The molecule has 1 aliphatic heterocycles. The number of piperazine rings is 1. The summed E-state index contributed by atoms with van der Waals surface area (Å²) in [5, 5.41) is 4.09. The first kappa shape index (κ1) is 17.5. The van der Waals surface area contributed by atoms with Crippen molar-refractivity contribution in [2.75, 3.05) is 38.6 Å². The van der Waals surface area contributed by atoms with Crippen LogP contribution in [0.25, 0.3) is 0 Å². The number of quaternary nitrogens is 1. The van der Waals surface area contributed by atoms with Crippen molar-refractivity contribution in [1.82, 2.24) is 4.90 Å². The Bertz CT molecular complexity index is 699. The molecule has 7 heteroatoms. The summed E-state index contributed by atoms with van der Waals surface area (Å²) in [6.07, 6.45) is 0. The van der Waals surface area contributed by atoms with Crippen molar-refractivity contribution in [1.29, 1.82) is 0 Å². The minimum absolute atomic E-state index is 0.779. The number of nitrogens with zero attached hydrogens (tertiary/aromatic N) is 1. The van der Waals surface area contributed by atoms with Gasteiger partial charge in [0.15, 0.2) is 5.11 Å². The van der Waals surface area contributed by atoms with Crippen LogP contribution in [0, 0.1) is 0 Å². The van der Waals surface area contributed by atoms with E-state index in [-0.39, 0.29) is 0 Å². The molecule has 1 saturated heterocycles. The van der Waals surface area contributed by atoms with Crippen LogP contribution in [0.2, 0.25) is 4.34 Å². The third kappa shape index (κ3) is 4.60. The first-order valence-electron chi connectivity index (χ1n) is 7.92. The first-order chi connectivity index (χ1) is 11.6. The van der Waals surface area contributed by atoms with Crippen LogP contribution in [-0.4, -0.2) is 43.3 Å². The zero-order valence-electron chi connectivity index (χ0n) is 13.5. The largest absolute Gasteiger partial charge is 0.497 e. The summed E-state index contributed by atoms with van der Waals surface area (Å²) in [5.74, 6) is 0.826. The molecule has 3 rings (SSSR count). The second kappa shape index (κ2) is 8.16. The predicted molar refractivity (Wildman–Crippen MR) is 105 cm³/mol. The van der Waals surface area contributed by atoms with Gasteiger partial charge in [0.2, 0.25) is 0 Å². The van der Waals surface area contributed by atoms with Crippen LogP contribution in [-0.2, 0) is 6.54 Å². The smallest absolute Gasteiger partial charge is 0.173 e. The van der Waals surface area contributed by atoms with Crippen molar-refractivity contribution in [3.63, 3.8) is 0 Å². The van der Waals surface area contributed by atoms with Crippen molar-refractivity contribution in [3.8, 4) is 5.75 Å². The van der Waals surface area contributed by atoms with Crippen LogP contribution in [0.1, 0.15) is 4.88 Å². The van der Waals surface area contributed by atoms with Gasteiger partial charge in [0.25, 0.3) is 0 Å². The highest BCUT2D eigenvalue weighted by Crippen LogP contribution is 2.20. The van der Waals surface area contributed by atoms with Gasteiger partial charge in [0.1, 0.15) is 12.3 Å². The number of rotatable bonds is 4. The van der Waals surface area contributed by atoms with Crippen molar-refractivity contribution < 1.29 is 9.64 Å². The third-order valence-electron chi connectivity index (χ3n) is 4.13. The molecular formula is C17H21ClN3OS2+. The zero-order valence-corrected chi connectivity index (χ0v) is 15.9. The number of thiophene rings is 1. The van der Waals surface area contributed by atoms with Gasteiger partial charge in [-0.1, -0.05) is 17.7 Å². The van der Waals surface area contributed by atoms with Gasteiger partial charge < -0.3 is 19.9 Å². The van der Waals surface area contributed by atoms with Gasteiger partial charge in [-0.15, -0.1) is 11.3 Å². The van der Waals surface area contributed by atoms with Crippen molar-refractivity contribution in [3.05, 3.63) is 45.6 Å². The normalized spacial score (nSPS) is 15.3. The van der Waals surface area contributed by atoms with E-state index >= 15 is 0 Å².